The zero-order valence-electron chi connectivity index (χ0n) is 14.4. The predicted molar refractivity (Wildman–Crippen MR) is 95.1 cm³/mol. The van der Waals surface area contributed by atoms with Gasteiger partial charge in [0.05, 0.1) is 20.6 Å². The minimum Gasteiger partial charge on any atom is -0.493 e. The average molecular weight is 349 g/mol. The summed E-state index contributed by atoms with van der Waals surface area (Å²) in [5.74, 6) is 1.21. The maximum Gasteiger partial charge on any atom is 0.224 e. The SMILES string of the molecule is COc1ccc(CC(=O)NC[C@H](OC)c2ccc(C)s2)cc1OC. The molecule has 24 heavy (non-hydrogen) atoms. The summed E-state index contributed by atoms with van der Waals surface area (Å²) in [4.78, 5) is 14.5. The fourth-order valence-electron chi connectivity index (χ4n) is 2.37. The van der Waals surface area contributed by atoms with Crippen LogP contribution in [-0.2, 0) is 16.0 Å². The van der Waals surface area contributed by atoms with Crippen LogP contribution in [0.5, 0.6) is 11.5 Å². The van der Waals surface area contributed by atoms with Gasteiger partial charge in [0.25, 0.3) is 0 Å². The summed E-state index contributed by atoms with van der Waals surface area (Å²) in [7, 11) is 4.82. The van der Waals surface area contributed by atoms with Gasteiger partial charge in [0.1, 0.15) is 6.10 Å². The minimum absolute atomic E-state index is 0.0578. The van der Waals surface area contributed by atoms with E-state index < -0.39 is 0 Å². The Labute approximate surface area is 146 Å². The van der Waals surface area contributed by atoms with Crippen molar-refractivity contribution in [3.05, 3.63) is 45.6 Å². The summed E-state index contributed by atoms with van der Waals surface area (Å²) >= 11 is 1.68. The third kappa shape index (κ3) is 4.72. The molecule has 1 aromatic heterocycles. The molecule has 0 saturated heterocycles. The number of benzene rings is 1. The van der Waals surface area contributed by atoms with Crippen molar-refractivity contribution >= 4 is 17.2 Å². The van der Waals surface area contributed by atoms with E-state index in [9.17, 15) is 4.79 Å². The quantitative estimate of drug-likeness (QED) is 0.795. The van der Waals surface area contributed by atoms with Crippen LogP contribution < -0.4 is 14.8 Å². The first-order valence-electron chi connectivity index (χ1n) is 7.64. The molecule has 0 unspecified atom stereocenters. The second-order valence-corrected chi connectivity index (χ2v) is 6.66. The first-order valence-corrected chi connectivity index (χ1v) is 8.45. The Balaban J connectivity index is 1.93. The van der Waals surface area contributed by atoms with Gasteiger partial charge < -0.3 is 19.5 Å². The van der Waals surface area contributed by atoms with Crippen molar-refractivity contribution in [1.82, 2.24) is 5.32 Å². The Kier molecular flexibility index (Phi) is 6.63. The molecule has 1 N–H and O–H groups in total. The lowest BCUT2D eigenvalue weighted by molar-refractivity contribution is -0.121. The Hall–Kier alpha value is -2.05. The lowest BCUT2D eigenvalue weighted by Gasteiger charge is -2.15. The van der Waals surface area contributed by atoms with Gasteiger partial charge in [-0.3, -0.25) is 4.79 Å². The summed E-state index contributed by atoms with van der Waals surface area (Å²) in [5.41, 5.74) is 0.867. The van der Waals surface area contributed by atoms with E-state index in [2.05, 4.69) is 18.3 Å². The molecule has 2 aromatic rings. The summed E-state index contributed by atoms with van der Waals surface area (Å²) in [6, 6.07) is 9.56. The number of ether oxygens (including phenoxy) is 3. The number of carbonyl (C=O) groups excluding carboxylic acids is 1. The molecular formula is C18H23NO4S. The second-order valence-electron chi connectivity index (χ2n) is 5.34. The predicted octanol–water partition coefficient (Wildman–Crippen LogP) is 3.12. The molecule has 6 heteroatoms. The monoisotopic (exact) mass is 349 g/mol. The molecule has 0 aliphatic heterocycles. The Morgan fingerprint density at radius 1 is 1.12 bits per heavy atom. The summed E-state index contributed by atoms with van der Waals surface area (Å²) < 4.78 is 15.9. The number of rotatable bonds is 8. The van der Waals surface area contributed by atoms with Crippen molar-refractivity contribution in [2.75, 3.05) is 27.9 Å². The van der Waals surface area contributed by atoms with Gasteiger partial charge in [-0.15, -0.1) is 11.3 Å². The number of hydrogen-bond acceptors (Lipinski definition) is 5. The van der Waals surface area contributed by atoms with Crippen LogP contribution in [0.4, 0.5) is 0 Å². The van der Waals surface area contributed by atoms with Crippen molar-refractivity contribution in [2.45, 2.75) is 19.4 Å². The summed E-state index contributed by atoms with van der Waals surface area (Å²) in [6.45, 7) is 2.50. The molecule has 1 aromatic carbocycles. The van der Waals surface area contributed by atoms with Crippen LogP contribution in [0, 0.1) is 6.92 Å². The maximum absolute atomic E-state index is 12.2. The first kappa shape index (κ1) is 18.3. The number of aryl methyl sites for hydroxylation is 1. The average Bonchev–Trinajstić information content (AvgIpc) is 3.01. The highest BCUT2D eigenvalue weighted by Gasteiger charge is 2.14. The summed E-state index contributed by atoms with van der Waals surface area (Å²) in [5, 5.41) is 2.93. The van der Waals surface area contributed by atoms with E-state index in [1.165, 1.54) is 4.88 Å². The molecule has 0 spiro atoms. The second kappa shape index (κ2) is 8.70. The van der Waals surface area contributed by atoms with Crippen LogP contribution in [-0.4, -0.2) is 33.8 Å². The normalized spacial score (nSPS) is 11.8. The highest BCUT2D eigenvalue weighted by molar-refractivity contribution is 7.12. The number of methoxy groups -OCH3 is 3. The molecule has 0 saturated carbocycles. The molecule has 0 radical (unpaired) electrons. The molecule has 130 valence electrons. The molecular weight excluding hydrogens is 326 g/mol. The van der Waals surface area contributed by atoms with E-state index in [1.807, 2.05) is 18.2 Å². The number of thiophene rings is 1. The van der Waals surface area contributed by atoms with E-state index in [0.29, 0.717) is 18.0 Å². The third-order valence-corrected chi connectivity index (χ3v) is 4.75. The van der Waals surface area contributed by atoms with E-state index in [1.54, 1.807) is 38.7 Å². The van der Waals surface area contributed by atoms with Crippen molar-refractivity contribution in [3.8, 4) is 11.5 Å². The van der Waals surface area contributed by atoms with Crippen LogP contribution in [0.25, 0.3) is 0 Å². The van der Waals surface area contributed by atoms with E-state index >= 15 is 0 Å². The van der Waals surface area contributed by atoms with Gasteiger partial charge in [-0.1, -0.05) is 6.07 Å². The molecule has 0 bridgehead atoms. The molecule has 1 amide bonds. The van der Waals surface area contributed by atoms with Crippen LogP contribution in [0.1, 0.15) is 21.4 Å². The summed E-state index contributed by atoms with van der Waals surface area (Å²) in [6.07, 6.45) is 0.151. The molecule has 0 fully saturated rings. The van der Waals surface area contributed by atoms with Gasteiger partial charge in [-0.05, 0) is 36.8 Å². The topological polar surface area (TPSA) is 56.8 Å². The van der Waals surface area contributed by atoms with Crippen molar-refractivity contribution in [1.29, 1.82) is 0 Å². The molecule has 0 aliphatic rings. The molecule has 2 rings (SSSR count). The van der Waals surface area contributed by atoms with Crippen molar-refractivity contribution in [3.63, 3.8) is 0 Å². The van der Waals surface area contributed by atoms with Gasteiger partial charge in [0.15, 0.2) is 11.5 Å². The van der Waals surface area contributed by atoms with Crippen LogP contribution in [0.15, 0.2) is 30.3 Å². The van der Waals surface area contributed by atoms with Crippen LogP contribution in [0.3, 0.4) is 0 Å². The Morgan fingerprint density at radius 3 is 2.46 bits per heavy atom. The van der Waals surface area contributed by atoms with Crippen LogP contribution >= 0.6 is 11.3 Å². The van der Waals surface area contributed by atoms with Gasteiger partial charge in [0, 0.05) is 23.4 Å². The molecule has 1 heterocycles. The molecule has 0 aliphatic carbocycles. The zero-order valence-corrected chi connectivity index (χ0v) is 15.2. The zero-order chi connectivity index (χ0) is 17.5. The molecule has 5 nitrogen and oxygen atoms in total. The Bertz CT molecular complexity index is 683. The lowest BCUT2D eigenvalue weighted by atomic mass is 10.1. The first-order chi connectivity index (χ1) is 11.6. The highest BCUT2D eigenvalue weighted by atomic mass is 32.1. The Morgan fingerprint density at radius 2 is 1.88 bits per heavy atom. The van der Waals surface area contributed by atoms with Crippen molar-refractivity contribution < 1.29 is 19.0 Å². The van der Waals surface area contributed by atoms with Gasteiger partial charge >= 0.3 is 0 Å². The standard InChI is InChI=1S/C18H23NO4S/c1-12-5-8-17(24-12)16(23-4)11-19-18(20)10-13-6-7-14(21-2)15(9-13)22-3/h5-9,16H,10-11H2,1-4H3,(H,19,20)/t16-/m0/s1. The number of nitrogens with one attached hydrogen (secondary N) is 1. The highest BCUT2D eigenvalue weighted by Crippen LogP contribution is 2.28. The maximum atomic E-state index is 12.2. The van der Waals surface area contributed by atoms with Crippen LogP contribution in [0.2, 0.25) is 0 Å². The van der Waals surface area contributed by atoms with Gasteiger partial charge in [-0.2, -0.15) is 0 Å². The smallest absolute Gasteiger partial charge is 0.224 e. The van der Waals surface area contributed by atoms with E-state index in [0.717, 1.165) is 10.4 Å². The fraction of sp³-hybridized carbons (Fsp3) is 0.389. The van der Waals surface area contributed by atoms with Crippen molar-refractivity contribution in [2.24, 2.45) is 0 Å². The van der Waals surface area contributed by atoms with E-state index in [-0.39, 0.29) is 18.4 Å². The van der Waals surface area contributed by atoms with Gasteiger partial charge in [0.2, 0.25) is 5.91 Å². The minimum atomic E-state index is -0.127. The number of hydrogen-bond donors (Lipinski definition) is 1. The third-order valence-electron chi connectivity index (χ3n) is 3.66. The molecule has 1 atom stereocenters. The largest absolute Gasteiger partial charge is 0.493 e. The number of carbonyl (C=O) groups is 1. The number of amides is 1. The van der Waals surface area contributed by atoms with E-state index in [4.69, 9.17) is 14.2 Å². The lowest BCUT2D eigenvalue weighted by Crippen LogP contribution is -2.30. The fourth-order valence-corrected chi connectivity index (χ4v) is 3.33. The van der Waals surface area contributed by atoms with Gasteiger partial charge in [-0.25, -0.2) is 0 Å².